The van der Waals surface area contributed by atoms with E-state index in [2.05, 4.69) is 24.3 Å². The highest BCUT2D eigenvalue weighted by Gasteiger charge is 2.22. The number of halogens is 8. The van der Waals surface area contributed by atoms with Crippen LogP contribution in [0.2, 0.25) is 0 Å². The topological polar surface area (TPSA) is 66.0 Å². The van der Waals surface area contributed by atoms with Crippen molar-refractivity contribution in [3.8, 4) is 23.0 Å². The minimum Gasteiger partial charge on any atom is -0.431 e. The molecule has 1 fully saturated rings. The molecule has 1 saturated heterocycles. The quantitative estimate of drug-likeness (QED) is 0.307. The second-order valence-electron chi connectivity index (χ2n) is 7.20. The zero-order chi connectivity index (χ0) is 27.1. The first-order valence-corrected chi connectivity index (χ1v) is 10.3. The third-order valence-corrected chi connectivity index (χ3v) is 4.70. The minimum absolute atomic E-state index is 0.0530. The predicted octanol–water partition coefficient (Wildman–Crippen LogP) is 5.73. The molecule has 14 heteroatoms. The maximum atomic E-state index is 13.0. The van der Waals surface area contributed by atoms with E-state index in [9.17, 15) is 39.9 Å². The van der Waals surface area contributed by atoms with Crippen LogP contribution in [-0.2, 0) is 4.79 Å². The van der Waals surface area contributed by atoms with Gasteiger partial charge in [0.1, 0.15) is 0 Å². The van der Waals surface area contributed by atoms with Gasteiger partial charge < -0.3 is 24.3 Å². The first-order valence-electron chi connectivity index (χ1n) is 10.3. The number of ketones is 1. The zero-order valence-corrected chi connectivity index (χ0v) is 18.4. The van der Waals surface area contributed by atoms with Crippen molar-refractivity contribution in [3.63, 3.8) is 0 Å². The Morgan fingerprint density at radius 1 is 0.595 bits per heavy atom. The van der Waals surface area contributed by atoms with E-state index >= 15 is 0 Å². The van der Waals surface area contributed by atoms with E-state index in [1.807, 2.05) is 0 Å². The maximum Gasteiger partial charge on any atom is 0.387 e. The van der Waals surface area contributed by atoms with E-state index in [0.29, 0.717) is 0 Å². The van der Waals surface area contributed by atoms with Gasteiger partial charge in [-0.1, -0.05) is 12.1 Å². The lowest BCUT2D eigenvalue weighted by molar-refractivity contribution is -0.112. The van der Waals surface area contributed by atoms with Gasteiger partial charge in [-0.2, -0.15) is 35.1 Å². The molecule has 0 aromatic heterocycles. The van der Waals surface area contributed by atoms with E-state index in [1.54, 1.807) is 0 Å². The molecule has 1 aliphatic rings. The number of piperidine rings is 1. The molecule has 1 heterocycles. The van der Waals surface area contributed by atoms with Gasteiger partial charge in [-0.25, -0.2) is 0 Å². The fourth-order valence-corrected chi connectivity index (χ4v) is 3.33. The summed E-state index contributed by atoms with van der Waals surface area (Å²) in [6, 6.07) is 6.40. The van der Waals surface area contributed by atoms with E-state index in [-0.39, 0.29) is 35.4 Å². The van der Waals surface area contributed by atoms with Crippen LogP contribution in [-0.4, -0.2) is 45.3 Å². The molecule has 2 aromatic carbocycles. The molecule has 6 nitrogen and oxygen atoms in total. The molecule has 0 radical (unpaired) electrons. The van der Waals surface area contributed by atoms with Crippen molar-refractivity contribution in [1.29, 1.82) is 0 Å². The highest BCUT2D eigenvalue weighted by molar-refractivity contribution is 6.14. The third kappa shape index (κ3) is 8.10. The van der Waals surface area contributed by atoms with Gasteiger partial charge in [0.05, 0.1) is 0 Å². The maximum absolute atomic E-state index is 13.0. The highest BCUT2D eigenvalue weighted by atomic mass is 19.3. The lowest BCUT2D eigenvalue weighted by atomic mass is 9.95. The molecule has 200 valence electrons. The van der Waals surface area contributed by atoms with Crippen LogP contribution in [0, 0.1) is 0 Å². The Hall–Kier alpha value is -3.81. The molecule has 3 rings (SSSR count). The van der Waals surface area contributed by atoms with Crippen LogP contribution in [0.5, 0.6) is 23.0 Å². The molecule has 1 aliphatic heterocycles. The number of ether oxygens (including phenoxy) is 4. The van der Waals surface area contributed by atoms with E-state index in [4.69, 9.17) is 0 Å². The molecule has 0 atom stereocenters. The summed E-state index contributed by atoms with van der Waals surface area (Å²) < 4.78 is 118. The summed E-state index contributed by atoms with van der Waals surface area (Å²) in [5, 5.41) is 2.92. The molecule has 0 saturated carbocycles. The number of carbonyl (C=O) groups excluding carboxylic acids is 1. The fraction of sp³-hybridized carbons (Fsp3) is 0.261. The summed E-state index contributed by atoms with van der Waals surface area (Å²) in [4.78, 5) is 13.0. The van der Waals surface area contributed by atoms with E-state index in [1.165, 1.54) is 24.3 Å². The van der Waals surface area contributed by atoms with Crippen molar-refractivity contribution >= 4 is 17.9 Å². The summed E-state index contributed by atoms with van der Waals surface area (Å²) in [5.74, 6) is -3.12. The number of hydrogen-bond acceptors (Lipinski definition) is 6. The number of Topliss-reactive ketones (excluding diaryl/α,β-unsaturated/α-hetero) is 1. The van der Waals surface area contributed by atoms with Crippen LogP contribution in [0.15, 0.2) is 47.5 Å². The highest BCUT2D eigenvalue weighted by Crippen LogP contribution is 2.34. The number of carbonyl (C=O) groups is 1. The number of hydrogen-bond donors (Lipinski definition) is 1. The van der Waals surface area contributed by atoms with Crippen LogP contribution >= 0.6 is 0 Å². The standard InChI is InChI=1S/C23H17F8NO5/c24-20(25)34-15-3-1-11(7-17(15)36-22(28)29)5-13-9-32-10-14(19(13)33)6-12-2-4-16(35-21(26)27)18(8-12)37-23(30)31/h1-8,20-23,32H,9-10H2. The molecule has 0 aliphatic carbocycles. The Balaban J connectivity index is 1.89. The van der Waals surface area contributed by atoms with Gasteiger partial charge in [0.2, 0.25) is 0 Å². The van der Waals surface area contributed by atoms with Crippen LogP contribution in [0.3, 0.4) is 0 Å². The summed E-state index contributed by atoms with van der Waals surface area (Å²) >= 11 is 0. The Kier molecular flexibility index (Phi) is 9.33. The molecular formula is C23H17F8NO5. The Bertz CT molecular complexity index is 1080. The monoisotopic (exact) mass is 539 g/mol. The fourth-order valence-electron chi connectivity index (χ4n) is 3.33. The number of alkyl halides is 8. The largest absolute Gasteiger partial charge is 0.431 e. The first kappa shape index (κ1) is 27.8. The summed E-state index contributed by atoms with van der Waals surface area (Å²) in [6.45, 7) is -13.1. The SMILES string of the molecule is O=C1C(=Cc2ccc(OC(F)F)c(OC(F)F)c2)CNCC1=Cc1ccc(OC(F)F)c(OC(F)F)c1. The summed E-state index contributed by atoms with van der Waals surface area (Å²) in [6.07, 6.45) is 2.61. The molecule has 2 aromatic rings. The number of nitrogens with one attached hydrogen (secondary N) is 1. The second-order valence-corrected chi connectivity index (χ2v) is 7.20. The van der Waals surface area contributed by atoms with Gasteiger partial charge in [-0.3, -0.25) is 4.79 Å². The molecule has 37 heavy (non-hydrogen) atoms. The molecule has 0 spiro atoms. The first-order chi connectivity index (χ1) is 17.5. The molecule has 0 bridgehead atoms. The van der Waals surface area contributed by atoms with Gasteiger partial charge in [0, 0.05) is 24.2 Å². The predicted molar refractivity (Wildman–Crippen MR) is 113 cm³/mol. The molecular weight excluding hydrogens is 522 g/mol. The van der Waals surface area contributed by atoms with Crippen molar-refractivity contribution in [1.82, 2.24) is 5.32 Å². The normalized spacial score (nSPS) is 16.4. The van der Waals surface area contributed by atoms with Crippen molar-refractivity contribution in [2.45, 2.75) is 26.4 Å². The van der Waals surface area contributed by atoms with Crippen molar-refractivity contribution in [3.05, 3.63) is 58.7 Å². The average molecular weight is 539 g/mol. The number of benzene rings is 2. The van der Waals surface area contributed by atoms with Crippen LogP contribution in [0.25, 0.3) is 12.2 Å². The molecule has 0 unspecified atom stereocenters. The van der Waals surface area contributed by atoms with Gasteiger partial charge in [0.15, 0.2) is 28.8 Å². The van der Waals surface area contributed by atoms with Crippen molar-refractivity contribution in [2.75, 3.05) is 13.1 Å². The second kappa shape index (κ2) is 12.4. The lowest BCUT2D eigenvalue weighted by Gasteiger charge is -2.19. The van der Waals surface area contributed by atoms with Crippen LogP contribution in [0.4, 0.5) is 35.1 Å². The van der Waals surface area contributed by atoms with Crippen LogP contribution in [0.1, 0.15) is 11.1 Å². The van der Waals surface area contributed by atoms with Crippen LogP contribution < -0.4 is 24.3 Å². The van der Waals surface area contributed by atoms with E-state index in [0.717, 1.165) is 24.3 Å². The van der Waals surface area contributed by atoms with Crippen molar-refractivity contribution < 1.29 is 58.9 Å². The third-order valence-electron chi connectivity index (χ3n) is 4.70. The Morgan fingerprint density at radius 2 is 0.946 bits per heavy atom. The van der Waals surface area contributed by atoms with Gasteiger partial charge in [-0.15, -0.1) is 0 Å². The van der Waals surface area contributed by atoms with Gasteiger partial charge in [0.25, 0.3) is 0 Å². The smallest absolute Gasteiger partial charge is 0.387 e. The lowest BCUT2D eigenvalue weighted by Crippen LogP contribution is -2.32. The molecule has 1 N–H and O–H groups in total. The zero-order valence-electron chi connectivity index (χ0n) is 18.4. The average Bonchev–Trinajstić information content (AvgIpc) is 2.78. The van der Waals surface area contributed by atoms with Gasteiger partial charge >= 0.3 is 26.4 Å². The Labute approximate surface area is 204 Å². The Morgan fingerprint density at radius 3 is 1.30 bits per heavy atom. The molecule has 0 amide bonds. The minimum atomic E-state index is -3.33. The van der Waals surface area contributed by atoms with Gasteiger partial charge in [-0.05, 0) is 47.5 Å². The van der Waals surface area contributed by atoms with Crippen molar-refractivity contribution in [2.24, 2.45) is 0 Å². The summed E-state index contributed by atoms with van der Waals surface area (Å²) in [7, 11) is 0. The van der Waals surface area contributed by atoms with E-state index < -0.39 is 55.2 Å². The summed E-state index contributed by atoms with van der Waals surface area (Å²) in [5.41, 5.74) is 0.601. The number of rotatable bonds is 10.